The van der Waals surface area contributed by atoms with Gasteiger partial charge in [0, 0.05) is 5.57 Å². The van der Waals surface area contributed by atoms with Gasteiger partial charge in [-0.3, -0.25) is 0 Å². The maximum absolute atomic E-state index is 15.1. The van der Waals surface area contributed by atoms with Crippen LogP contribution in [0.2, 0.25) is 0 Å². The Balaban J connectivity index is 8.40. The van der Waals surface area contributed by atoms with E-state index in [0.717, 1.165) is 0 Å². The van der Waals surface area contributed by atoms with E-state index in [0.29, 0.717) is 0 Å². The molecule has 1 unspecified atom stereocenters. The molecule has 0 aromatic carbocycles. The van der Waals surface area contributed by atoms with Crippen LogP contribution in [-0.2, 0) is 9.53 Å². The molecule has 33 heteroatoms. The first-order chi connectivity index (χ1) is 21.8. The summed E-state index contributed by atoms with van der Waals surface area (Å²) in [4.78, 5) is 11.3. The average Bonchev–Trinajstić information content (AvgIpc) is 2.89. The van der Waals surface area contributed by atoms with Crippen molar-refractivity contribution in [3.05, 3.63) is 12.2 Å². The van der Waals surface area contributed by atoms with E-state index in [1.165, 1.54) is 0 Å². The molecule has 0 fully saturated rings. The number of ether oxygens (including phenoxy) is 1. The zero-order valence-electron chi connectivity index (χ0n) is 22.7. The van der Waals surface area contributed by atoms with Crippen molar-refractivity contribution in [3.63, 3.8) is 0 Å². The van der Waals surface area contributed by atoms with Crippen molar-refractivity contribution in [2.45, 2.75) is 96.2 Å². The Bertz CT molecular complexity index is 1350. The topological polar surface area (TPSA) is 26.3 Å². The molecule has 0 heterocycles. The highest BCUT2D eigenvalue weighted by atomic mass is 19.4. The van der Waals surface area contributed by atoms with Crippen LogP contribution < -0.4 is 0 Å². The monoisotopic (exact) mass is 854 g/mol. The highest BCUT2D eigenvalue weighted by Crippen LogP contribution is 2.70. The Morgan fingerprint density at radius 3 is 0.769 bits per heavy atom. The minimum atomic E-state index is -10.1. The molecule has 0 rings (SSSR count). The van der Waals surface area contributed by atoms with Gasteiger partial charge >= 0.3 is 95.2 Å². The van der Waals surface area contributed by atoms with Crippen molar-refractivity contribution >= 4 is 5.97 Å². The summed E-state index contributed by atoms with van der Waals surface area (Å²) in [5.74, 6) is -111. The first-order valence-electron chi connectivity index (χ1n) is 11.1. The Kier molecular flexibility index (Phi) is 11.3. The molecule has 2 nitrogen and oxygen atoms in total. The smallest absolute Gasteiger partial charge is 0.413 e. The molecule has 0 amide bonds. The molecule has 1 atom stereocenters. The summed E-state index contributed by atoms with van der Waals surface area (Å²) in [5.41, 5.74) is -11.7. The summed E-state index contributed by atoms with van der Waals surface area (Å²) in [7, 11) is 0. The second kappa shape index (κ2) is 12.0. The third kappa shape index (κ3) is 5.72. The summed E-state index contributed by atoms with van der Waals surface area (Å²) in [5, 5.41) is 0. The predicted octanol–water partition coefficient (Wildman–Crippen LogP) is 10.5. The molecule has 0 aliphatic carbocycles. The number of alkyl halides is 31. The molecular formula is C19H5F31O2. The van der Waals surface area contributed by atoms with Gasteiger partial charge in [0.1, 0.15) is 0 Å². The van der Waals surface area contributed by atoms with E-state index in [1.54, 1.807) is 4.74 Å². The third-order valence-corrected chi connectivity index (χ3v) is 6.11. The highest BCUT2D eigenvalue weighted by molar-refractivity contribution is 5.87. The van der Waals surface area contributed by atoms with Crippen LogP contribution in [-0.4, -0.2) is 95.2 Å². The number of carbonyl (C=O) groups is 1. The maximum atomic E-state index is 15.1. The van der Waals surface area contributed by atoms with E-state index in [-0.39, 0.29) is 6.92 Å². The fourth-order valence-electron chi connectivity index (χ4n) is 3.04. The van der Waals surface area contributed by atoms with E-state index in [1.807, 2.05) is 6.58 Å². The van der Waals surface area contributed by atoms with Crippen LogP contribution in [0.15, 0.2) is 12.2 Å². The lowest BCUT2D eigenvalue weighted by Crippen LogP contribution is -2.81. The summed E-state index contributed by atoms with van der Waals surface area (Å²) in [6.45, 7) is 1.58. The van der Waals surface area contributed by atoms with Crippen LogP contribution >= 0.6 is 0 Å². The third-order valence-electron chi connectivity index (χ3n) is 6.11. The Labute approximate surface area is 261 Å². The lowest BCUT2D eigenvalue weighted by molar-refractivity contribution is -0.500. The summed E-state index contributed by atoms with van der Waals surface area (Å²) in [6, 6.07) is 0. The predicted molar refractivity (Wildman–Crippen MR) is 96.2 cm³/mol. The lowest BCUT2D eigenvalue weighted by atomic mass is 9.81. The van der Waals surface area contributed by atoms with Gasteiger partial charge in [0.25, 0.3) is 0 Å². The van der Waals surface area contributed by atoms with Gasteiger partial charge in [0.15, 0.2) is 0 Å². The summed E-state index contributed by atoms with van der Waals surface area (Å²) < 4.78 is 422. The quantitative estimate of drug-likeness (QED) is 0.105. The number of carbonyl (C=O) groups excluding carboxylic acids is 1. The normalized spacial score (nSPS) is 17.5. The largest absolute Gasteiger partial charge is 0.460 e. The molecule has 0 aromatic rings. The van der Waals surface area contributed by atoms with Gasteiger partial charge in [-0.25, -0.2) is 9.18 Å². The van der Waals surface area contributed by atoms with Gasteiger partial charge in [0.2, 0.25) is 0 Å². The van der Waals surface area contributed by atoms with E-state index in [2.05, 4.69) is 0 Å². The molecule has 0 spiro atoms. The van der Waals surface area contributed by atoms with Crippen molar-refractivity contribution in [2.24, 2.45) is 0 Å². The second-order valence-corrected chi connectivity index (χ2v) is 9.66. The van der Waals surface area contributed by atoms with E-state index in [9.17, 15) is 137 Å². The number of hydrogen-bond acceptors (Lipinski definition) is 2. The summed E-state index contributed by atoms with van der Waals surface area (Å²) >= 11 is 0. The molecule has 0 saturated heterocycles. The fraction of sp³-hybridized carbons (Fsp3) is 0.842. The second-order valence-electron chi connectivity index (χ2n) is 9.66. The maximum Gasteiger partial charge on any atom is 0.460 e. The van der Waals surface area contributed by atoms with Crippen LogP contribution in [0.5, 0.6) is 0 Å². The Morgan fingerprint density at radius 2 is 0.558 bits per heavy atom. The van der Waals surface area contributed by atoms with Gasteiger partial charge < -0.3 is 4.74 Å². The van der Waals surface area contributed by atoms with Crippen LogP contribution in [0, 0.1) is 0 Å². The standard InChI is InChI=1S/C19H5F31O2/c1-3(2)4(51)52-16(41,13(35,36)7(23,24)6(21,22)5(20,17(42,43)44)18(45,46)47)14(37,38)11(31,32)9(27,28)8(25,26)10(29,30)12(33,34)15(39,40)19(48,49)50/h1H2,2H3. The zero-order chi connectivity index (χ0) is 43.4. The van der Waals surface area contributed by atoms with Gasteiger partial charge in [-0.15, -0.1) is 0 Å². The van der Waals surface area contributed by atoms with Crippen molar-refractivity contribution in [2.75, 3.05) is 0 Å². The molecule has 0 aromatic heterocycles. The molecule has 0 aliphatic rings. The minimum Gasteiger partial charge on any atom is -0.413 e. The molecule has 0 aliphatic heterocycles. The molecule has 0 saturated carbocycles. The molecule has 0 radical (unpaired) electrons. The number of rotatable bonds is 13. The SMILES string of the molecule is C=C(C)C(=O)OC(F)(C(F)(F)C(F)(F)C(F)(F)C(F)(F)C(F)(F)C(F)(F)C(F)(F)C(F)(F)F)C(F)(F)C(F)(F)C(F)(F)C(F)(C(F)(F)F)C(F)(F)F. The van der Waals surface area contributed by atoms with Crippen LogP contribution in [0.25, 0.3) is 0 Å². The molecular weight excluding hydrogens is 849 g/mol. The van der Waals surface area contributed by atoms with Crippen molar-refractivity contribution in [3.8, 4) is 0 Å². The Hall–Kier alpha value is -2.96. The minimum absolute atomic E-state index is 0.365. The van der Waals surface area contributed by atoms with E-state index in [4.69, 9.17) is 0 Å². The summed E-state index contributed by atoms with van der Waals surface area (Å²) in [6.07, 6.45) is -26.0. The van der Waals surface area contributed by atoms with Crippen LogP contribution in [0.4, 0.5) is 136 Å². The number of esters is 1. The van der Waals surface area contributed by atoms with Gasteiger partial charge in [-0.05, 0) is 6.92 Å². The zero-order valence-corrected chi connectivity index (χ0v) is 22.7. The van der Waals surface area contributed by atoms with Crippen molar-refractivity contribution < 1.29 is 146 Å². The van der Waals surface area contributed by atoms with E-state index >= 15 is 4.39 Å². The number of hydrogen-bond donors (Lipinski definition) is 0. The van der Waals surface area contributed by atoms with Gasteiger partial charge in [-0.1, -0.05) is 6.58 Å². The highest BCUT2D eigenvalue weighted by Gasteiger charge is 3.02. The Morgan fingerprint density at radius 1 is 0.346 bits per heavy atom. The molecule has 0 bridgehead atoms. The average molecular weight is 854 g/mol. The van der Waals surface area contributed by atoms with Gasteiger partial charge in [0.05, 0.1) is 0 Å². The van der Waals surface area contributed by atoms with Crippen LogP contribution in [0.3, 0.4) is 0 Å². The molecule has 52 heavy (non-hydrogen) atoms. The first-order valence-corrected chi connectivity index (χ1v) is 11.1. The number of halogens is 31. The first kappa shape index (κ1) is 49.0. The van der Waals surface area contributed by atoms with Crippen LogP contribution in [0.1, 0.15) is 6.92 Å². The van der Waals surface area contributed by atoms with Crippen molar-refractivity contribution in [1.29, 1.82) is 0 Å². The lowest BCUT2D eigenvalue weighted by Gasteiger charge is -2.48. The molecule has 0 N–H and O–H groups in total. The fourth-order valence-corrected chi connectivity index (χ4v) is 3.04. The van der Waals surface area contributed by atoms with E-state index < -0.39 is 101 Å². The van der Waals surface area contributed by atoms with Gasteiger partial charge in [-0.2, -0.15) is 132 Å². The van der Waals surface area contributed by atoms with Crippen molar-refractivity contribution in [1.82, 2.24) is 0 Å². The molecule has 310 valence electrons.